The fraction of sp³-hybridized carbons (Fsp3) is 0.750. The zero-order valence-corrected chi connectivity index (χ0v) is 10.6. The van der Waals surface area contributed by atoms with Crippen molar-refractivity contribution in [1.29, 1.82) is 0 Å². The molecule has 0 radical (unpaired) electrons. The zero-order chi connectivity index (χ0) is 12.7. The smallest absolute Gasteiger partial charge is 0.339 e. The van der Waals surface area contributed by atoms with E-state index in [0.29, 0.717) is 0 Å². The van der Waals surface area contributed by atoms with E-state index in [4.69, 9.17) is 34.8 Å². The molecule has 8 heteroatoms. The van der Waals surface area contributed by atoms with Crippen LogP contribution in [0.25, 0.3) is 0 Å². The van der Waals surface area contributed by atoms with Crippen molar-refractivity contribution >= 4 is 46.7 Å². The summed E-state index contributed by atoms with van der Waals surface area (Å²) in [5.41, 5.74) is 0. The van der Waals surface area contributed by atoms with Crippen molar-refractivity contribution in [3.8, 4) is 0 Å². The van der Waals surface area contributed by atoms with Crippen LogP contribution in [0, 0.1) is 0 Å². The molecule has 0 spiro atoms. The van der Waals surface area contributed by atoms with Crippen LogP contribution in [-0.2, 0) is 19.1 Å². The van der Waals surface area contributed by atoms with Crippen LogP contribution < -0.4 is 0 Å². The number of carbonyl (C=O) groups is 2. The fourth-order valence-electron chi connectivity index (χ4n) is 0.583. The van der Waals surface area contributed by atoms with E-state index in [-0.39, 0.29) is 13.2 Å². The van der Waals surface area contributed by atoms with Gasteiger partial charge in [0.1, 0.15) is 24.7 Å². The monoisotopic (exact) mass is 292 g/mol. The summed E-state index contributed by atoms with van der Waals surface area (Å²) in [6.07, 6.45) is -1.14. The number of aliphatic hydroxyl groups is 1. The van der Waals surface area contributed by atoms with Gasteiger partial charge in [0.05, 0.1) is 0 Å². The third-order valence-corrected chi connectivity index (χ3v) is 1.87. The van der Waals surface area contributed by atoms with Crippen molar-refractivity contribution in [3.05, 3.63) is 0 Å². The van der Waals surface area contributed by atoms with Gasteiger partial charge in [-0.05, 0) is 6.92 Å². The first-order chi connectivity index (χ1) is 7.34. The molecule has 0 aliphatic carbocycles. The van der Waals surface area contributed by atoms with E-state index < -0.39 is 28.3 Å². The lowest BCUT2D eigenvalue weighted by Crippen LogP contribution is -2.28. The van der Waals surface area contributed by atoms with E-state index in [1.54, 1.807) is 0 Å². The number of hydrogen-bond donors (Lipinski definition) is 1. The van der Waals surface area contributed by atoms with E-state index in [2.05, 4.69) is 9.47 Å². The molecule has 0 aromatic heterocycles. The van der Waals surface area contributed by atoms with Crippen LogP contribution in [0.1, 0.15) is 6.92 Å². The van der Waals surface area contributed by atoms with Crippen LogP contribution in [0.4, 0.5) is 0 Å². The Labute approximate surface area is 108 Å². The normalized spacial score (nSPS) is 14.4. The molecule has 0 rings (SSSR count). The number of rotatable bonds is 6. The molecule has 0 heterocycles. The van der Waals surface area contributed by atoms with Crippen LogP contribution in [0.3, 0.4) is 0 Å². The first kappa shape index (κ1) is 15.8. The van der Waals surface area contributed by atoms with Crippen LogP contribution in [0.5, 0.6) is 0 Å². The van der Waals surface area contributed by atoms with Crippen LogP contribution in [0.2, 0.25) is 0 Å². The summed E-state index contributed by atoms with van der Waals surface area (Å²) in [7, 11) is 0. The Morgan fingerprint density at radius 2 is 1.56 bits per heavy atom. The van der Waals surface area contributed by atoms with E-state index in [1.165, 1.54) is 6.92 Å². The predicted octanol–water partition coefficient (Wildman–Crippen LogP) is 0.865. The highest BCUT2D eigenvalue weighted by Crippen LogP contribution is 2.04. The maximum absolute atomic E-state index is 10.9. The first-order valence-corrected chi connectivity index (χ1v) is 5.59. The van der Waals surface area contributed by atoms with Crippen molar-refractivity contribution < 1.29 is 24.2 Å². The Bertz CT molecular complexity index is 220. The molecule has 0 saturated carbocycles. The van der Waals surface area contributed by atoms with Gasteiger partial charge >= 0.3 is 11.9 Å². The SMILES string of the molecule is CC(Cl)C(=O)OCC(O)COC(=O)C(Cl)Cl. The number of hydrogen-bond acceptors (Lipinski definition) is 5. The van der Waals surface area contributed by atoms with Crippen LogP contribution in [0.15, 0.2) is 0 Å². The molecule has 0 aromatic carbocycles. The highest BCUT2D eigenvalue weighted by Gasteiger charge is 2.17. The highest BCUT2D eigenvalue weighted by atomic mass is 35.5. The summed E-state index contributed by atoms with van der Waals surface area (Å²) in [6.45, 7) is 0.749. The largest absolute Gasteiger partial charge is 0.462 e. The highest BCUT2D eigenvalue weighted by molar-refractivity contribution is 6.52. The van der Waals surface area contributed by atoms with Crippen molar-refractivity contribution in [2.24, 2.45) is 0 Å². The van der Waals surface area contributed by atoms with Gasteiger partial charge in [-0.25, -0.2) is 4.79 Å². The minimum absolute atomic E-state index is 0.321. The second-order valence-electron chi connectivity index (χ2n) is 2.83. The Balaban J connectivity index is 3.71. The summed E-state index contributed by atoms with van der Waals surface area (Å²) < 4.78 is 9.06. The number of carbonyl (C=O) groups excluding carboxylic acids is 2. The average molecular weight is 294 g/mol. The molecule has 94 valence electrons. The molecule has 2 unspecified atom stereocenters. The van der Waals surface area contributed by atoms with Gasteiger partial charge in [-0.15, -0.1) is 11.6 Å². The van der Waals surface area contributed by atoms with E-state index in [0.717, 1.165) is 0 Å². The van der Waals surface area contributed by atoms with Crippen molar-refractivity contribution in [2.75, 3.05) is 13.2 Å². The summed E-state index contributed by atoms with van der Waals surface area (Å²) in [5.74, 6) is -1.54. The van der Waals surface area contributed by atoms with Gasteiger partial charge < -0.3 is 14.6 Å². The molecule has 0 fully saturated rings. The van der Waals surface area contributed by atoms with Gasteiger partial charge in [-0.1, -0.05) is 23.2 Å². The minimum Gasteiger partial charge on any atom is -0.462 e. The van der Waals surface area contributed by atoms with E-state index >= 15 is 0 Å². The fourth-order valence-corrected chi connectivity index (χ4v) is 0.772. The molecule has 5 nitrogen and oxygen atoms in total. The number of ether oxygens (including phenoxy) is 2. The number of aliphatic hydroxyl groups excluding tert-OH is 1. The standard InChI is InChI=1S/C8H11Cl3O5/c1-4(9)7(13)15-2-5(12)3-16-8(14)6(10)11/h4-6,12H,2-3H2,1H3. The van der Waals surface area contributed by atoms with Crippen molar-refractivity contribution in [1.82, 2.24) is 0 Å². The number of halogens is 3. The molecule has 0 aromatic rings. The Morgan fingerprint density at radius 3 is 1.94 bits per heavy atom. The molecule has 2 atom stereocenters. The molecule has 16 heavy (non-hydrogen) atoms. The Morgan fingerprint density at radius 1 is 1.12 bits per heavy atom. The van der Waals surface area contributed by atoms with E-state index in [1.807, 2.05) is 0 Å². The van der Waals surface area contributed by atoms with Crippen LogP contribution >= 0.6 is 34.8 Å². The lowest BCUT2D eigenvalue weighted by atomic mass is 10.4. The molecule has 0 saturated heterocycles. The molecular formula is C8H11Cl3O5. The van der Waals surface area contributed by atoms with Gasteiger partial charge in [0.25, 0.3) is 0 Å². The summed E-state index contributed by atoms with van der Waals surface area (Å²) in [5, 5.41) is 8.43. The molecule has 0 bridgehead atoms. The minimum atomic E-state index is -1.31. The molecule has 1 N–H and O–H groups in total. The van der Waals surface area contributed by atoms with Gasteiger partial charge in [0, 0.05) is 0 Å². The quantitative estimate of drug-likeness (QED) is 0.581. The Hall–Kier alpha value is -0.230. The molecule has 0 amide bonds. The number of alkyl halides is 3. The maximum atomic E-state index is 10.9. The summed E-state index contributed by atoms with van der Waals surface area (Å²) in [6, 6.07) is 0. The van der Waals surface area contributed by atoms with Gasteiger partial charge in [0.15, 0.2) is 0 Å². The molecule has 0 aliphatic rings. The Kier molecular flexibility index (Phi) is 7.83. The first-order valence-electron chi connectivity index (χ1n) is 4.28. The lowest BCUT2D eigenvalue weighted by molar-refractivity contribution is -0.150. The summed E-state index contributed by atoms with van der Waals surface area (Å²) >= 11 is 15.8. The van der Waals surface area contributed by atoms with Gasteiger partial charge in [-0.3, -0.25) is 4.79 Å². The van der Waals surface area contributed by atoms with E-state index in [9.17, 15) is 14.7 Å². The van der Waals surface area contributed by atoms with Crippen molar-refractivity contribution in [2.45, 2.75) is 23.2 Å². The topological polar surface area (TPSA) is 72.8 Å². The zero-order valence-electron chi connectivity index (χ0n) is 8.36. The lowest BCUT2D eigenvalue weighted by Gasteiger charge is -2.12. The van der Waals surface area contributed by atoms with Crippen molar-refractivity contribution in [3.63, 3.8) is 0 Å². The third kappa shape index (κ3) is 7.11. The summed E-state index contributed by atoms with van der Waals surface area (Å²) in [4.78, 5) is 20.3. The van der Waals surface area contributed by atoms with Gasteiger partial charge in [0.2, 0.25) is 4.84 Å². The third-order valence-electron chi connectivity index (χ3n) is 1.34. The maximum Gasteiger partial charge on any atom is 0.339 e. The predicted molar refractivity (Wildman–Crippen MR) is 58.7 cm³/mol. The van der Waals surface area contributed by atoms with Crippen LogP contribution in [-0.4, -0.2) is 46.6 Å². The van der Waals surface area contributed by atoms with Gasteiger partial charge in [-0.2, -0.15) is 0 Å². The number of esters is 2. The molecular weight excluding hydrogens is 282 g/mol. The average Bonchev–Trinajstić information content (AvgIpc) is 2.21. The second kappa shape index (κ2) is 7.95. The molecule has 0 aliphatic heterocycles. The second-order valence-corrected chi connectivity index (χ2v) is 4.58.